The molecule has 3 heterocycles. The molecule has 2 aromatic heterocycles. The van der Waals surface area contributed by atoms with Gasteiger partial charge in [0.2, 0.25) is 5.95 Å². The Kier molecular flexibility index (Phi) is 6.41. The number of hydrogen-bond donors (Lipinski definition) is 0. The fourth-order valence-corrected chi connectivity index (χ4v) is 4.45. The molecule has 0 spiro atoms. The predicted octanol–water partition coefficient (Wildman–Crippen LogP) is 3.66. The highest BCUT2D eigenvalue weighted by atomic mass is 32.2. The highest BCUT2D eigenvalue weighted by molar-refractivity contribution is 7.90. The standard InChI is InChI=1S/C24H28N4O3S/c1-4-18-11-26-24(27-12-18)28-14-17(2)20(15-28)16-31-21-7-10-23(25-13-21)19-5-8-22(9-6-19)32(3,29)30/h5-13,17,20H,4,14-16H2,1-3H3. The second kappa shape index (κ2) is 9.24. The number of aryl methyl sites for hydroxylation is 1. The highest BCUT2D eigenvalue weighted by Crippen LogP contribution is 2.27. The second-order valence-electron chi connectivity index (χ2n) is 8.37. The van der Waals surface area contributed by atoms with E-state index >= 15 is 0 Å². The van der Waals surface area contributed by atoms with Gasteiger partial charge in [0, 0.05) is 43.2 Å². The smallest absolute Gasteiger partial charge is 0.225 e. The Labute approximate surface area is 189 Å². The Bertz CT molecular complexity index is 1150. The van der Waals surface area contributed by atoms with Crippen LogP contribution in [0.5, 0.6) is 5.75 Å². The van der Waals surface area contributed by atoms with Gasteiger partial charge in [-0.15, -0.1) is 0 Å². The molecule has 0 amide bonds. The van der Waals surface area contributed by atoms with E-state index in [2.05, 4.69) is 33.7 Å². The van der Waals surface area contributed by atoms with E-state index in [1.54, 1.807) is 30.5 Å². The molecular weight excluding hydrogens is 424 g/mol. The number of pyridine rings is 1. The number of benzene rings is 1. The summed E-state index contributed by atoms with van der Waals surface area (Å²) in [5, 5.41) is 0. The number of ether oxygens (including phenoxy) is 1. The van der Waals surface area contributed by atoms with Gasteiger partial charge in [0.05, 0.1) is 23.4 Å². The van der Waals surface area contributed by atoms with Crippen LogP contribution in [0.15, 0.2) is 59.9 Å². The molecule has 3 aromatic rings. The minimum Gasteiger partial charge on any atom is -0.492 e. The zero-order valence-electron chi connectivity index (χ0n) is 18.6. The van der Waals surface area contributed by atoms with Crippen molar-refractivity contribution in [2.45, 2.75) is 25.2 Å². The molecule has 2 atom stereocenters. The first-order valence-corrected chi connectivity index (χ1v) is 12.7. The van der Waals surface area contributed by atoms with E-state index in [0.29, 0.717) is 23.3 Å². The van der Waals surface area contributed by atoms with Gasteiger partial charge in [-0.3, -0.25) is 4.98 Å². The molecule has 1 aliphatic rings. The number of anilines is 1. The van der Waals surface area contributed by atoms with Gasteiger partial charge in [0.25, 0.3) is 0 Å². The quantitative estimate of drug-likeness (QED) is 0.541. The molecule has 0 saturated carbocycles. The molecule has 0 aliphatic carbocycles. The van der Waals surface area contributed by atoms with Crippen molar-refractivity contribution in [3.8, 4) is 17.0 Å². The first-order chi connectivity index (χ1) is 15.3. The van der Waals surface area contributed by atoms with E-state index in [0.717, 1.165) is 48.0 Å². The van der Waals surface area contributed by atoms with Crippen molar-refractivity contribution in [3.63, 3.8) is 0 Å². The maximum Gasteiger partial charge on any atom is 0.225 e. The fourth-order valence-electron chi connectivity index (χ4n) is 3.82. The largest absolute Gasteiger partial charge is 0.492 e. The van der Waals surface area contributed by atoms with Crippen LogP contribution in [-0.4, -0.2) is 49.3 Å². The van der Waals surface area contributed by atoms with Gasteiger partial charge in [-0.05, 0) is 42.2 Å². The summed E-state index contributed by atoms with van der Waals surface area (Å²) in [6.07, 6.45) is 7.65. The molecule has 1 saturated heterocycles. The van der Waals surface area contributed by atoms with Crippen molar-refractivity contribution in [1.29, 1.82) is 0 Å². The summed E-state index contributed by atoms with van der Waals surface area (Å²) < 4.78 is 29.3. The maximum atomic E-state index is 11.6. The summed E-state index contributed by atoms with van der Waals surface area (Å²) in [5.41, 5.74) is 2.77. The Balaban J connectivity index is 1.35. The summed E-state index contributed by atoms with van der Waals surface area (Å²) in [6.45, 7) is 6.72. The molecule has 7 nitrogen and oxygen atoms in total. The minimum atomic E-state index is -3.21. The van der Waals surface area contributed by atoms with Crippen molar-refractivity contribution in [3.05, 3.63) is 60.6 Å². The van der Waals surface area contributed by atoms with Gasteiger partial charge in [-0.1, -0.05) is 26.0 Å². The Morgan fingerprint density at radius 1 is 1.00 bits per heavy atom. The lowest BCUT2D eigenvalue weighted by Crippen LogP contribution is -2.23. The van der Waals surface area contributed by atoms with Crippen molar-refractivity contribution < 1.29 is 13.2 Å². The molecule has 168 valence electrons. The van der Waals surface area contributed by atoms with Gasteiger partial charge < -0.3 is 9.64 Å². The third-order valence-corrected chi connectivity index (χ3v) is 7.06. The van der Waals surface area contributed by atoms with Crippen LogP contribution in [0.2, 0.25) is 0 Å². The predicted molar refractivity (Wildman–Crippen MR) is 125 cm³/mol. The molecule has 4 rings (SSSR count). The third kappa shape index (κ3) is 5.07. The van der Waals surface area contributed by atoms with Crippen LogP contribution in [0, 0.1) is 11.8 Å². The highest BCUT2D eigenvalue weighted by Gasteiger charge is 2.31. The first-order valence-electron chi connectivity index (χ1n) is 10.8. The van der Waals surface area contributed by atoms with Crippen LogP contribution in [-0.2, 0) is 16.3 Å². The van der Waals surface area contributed by atoms with Gasteiger partial charge in [-0.2, -0.15) is 0 Å². The van der Waals surface area contributed by atoms with Gasteiger partial charge in [-0.25, -0.2) is 18.4 Å². The van der Waals surface area contributed by atoms with E-state index in [1.807, 2.05) is 24.5 Å². The van der Waals surface area contributed by atoms with Crippen LogP contribution < -0.4 is 9.64 Å². The molecule has 1 aromatic carbocycles. The van der Waals surface area contributed by atoms with Crippen LogP contribution in [0.25, 0.3) is 11.3 Å². The lowest BCUT2D eigenvalue weighted by Gasteiger charge is -2.16. The van der Waals surface area contributed by atoms with Gasteiger partial charge >= 0.3 is 0 Å². The average Bonchev–Trinajstić information content (AvgIpc) is 3.18. The molecule has 2 unspecified atom stereocenters. The van der Waals surface area contributed by atoms with Crippen molar-refractivity contribution in [2.75, 3.05) is 30.9 Å². The third-order valence-electron chi connectivity index (χ3n) is 5.93. The summed E-state index contributed by atoms with van der Waals surface area (Å²) in [4.78, 5) is 16.0. The topological polar surface area (TPSA) is 85.3 Å². The van der Waals surface area contributed by atoms with E-state index in [1.165, 1.54) is 6.26 Å². The fraction of sp³-hybridized carbons (Fsp3) is 0.375. The van der Waals surface area contributed by atoms with E-state index in [4.69, 9.17) is 4.74 Å². The number of aromatic nitrogens is 3. The maximum absolute atomic E-state index is 11.6. The van der Waals surface area contributed by atoms with Crippen LogP contribution in [0.1, 0.15) is 19.4 Å². The van der Waals surface area contributed by atoms with E-state index in [-0.39, 0.29) is 0 Å². The second-order valence-corrected chi connectivity index (χ2v) is 10.4. The van der Waals surface area contributed by atoms with Crippen molar-refractivity contribution >= 4 is 15.8 Å². The lowest BCUT2D eigenvalue weighted by atomic mass is 9.99. The molecule has 0 bridgehead atoms. The van der Waals surface area contributed by atoms with Gasteiger partial charge in [0.1, 0.15) is 5.75 Å². The van der Waals surface area contributed by atoms with Gasteiger partial charge in [0.15, 0.2) is 9.84 Å². The molecule has 0 radical (unpaired) electrons. The van der Waals surface area contributed by atoms with Crippen molar-refractivity contribution in [1.82, 2.24) is 15.0 Å². The summed E-state index contributed by atoms with van der Waals surface area (Å²) in [6, 6.07) is 10.5. The summed E-state index contributed by atoms with van der Waals surface area (Å²) >= 11 is 0. The minimum absolute atomic E-state index is 0.299. The normalized spacial score (nSPS) is 18.7. The summed E-state index contributed by atoms with van der Waals surface area (Å²) in [7, 11) is -3.21. The molecule has 1 fully saturated rings. The molecule has 0 N–H and O–H groups in total. The van der Waals surface area contributed by atoms with E-state index in [9.17, 15) is 8.42 Å². The number of sulfone groups is 1. The SMILES string of the molecule is CCc1cnc(N2CC(C)C(COc3ccc(-c4ccc(S(C)(=O)=O)cc4)nc3)C2)nc1. The Hall–Kier alpha value is -3.00. The van der Waals surface area contributed by atoms with Crippen LogP contribution in [0.3, 0.4) is 0 Å². The Morgan fingerprint density at radius 2 is 1.72 bits per heavy atom. The molecule has 8 heteroatoms. The number of hydrogen-bond acceptors (Lipinski definition) is 7. The monoisotopic (exact) mass is 452 g/mol. The average molecular weight is 453 g/mol. The Morgan fingerprint density at radius 3 is 2.31 bits per heavy atom. The zero-order chi connectivity index (χ0) is 22.7. The lowest BCUT2D eigenvalue weighted by molar-refractivity contribution is 0.232. The molecular formula is C24H28N4O3S. The zero-order valence-corrected chi connectivity index (χ0v) is 19.4. The first kappa shape index (κ1) is 22.2. The van der Waals surface area contributed by atoms with Crippen LogP contribution in [0.4, 0.5) is 5.95 Å². The van der Waals surface area contributed by atoms with Crippen molar-refractivity contribution in [2.24, 2.45) is 11.8 Å². The van der Waals surface area contributed by atoms with E-state index < -0.39 is 9.84 Å². The molecule has 1 aliphatic heterocycles. The summed E-state index contributed by atoms with van der Waals surface area (Å²) in [5.74, 6) is 2.36. The van der Waals surface area contributed by atoms with Crippen LogP contribution >= 0.6 is 0 Å². The number of nitrogens with zero attached hydrogens (tertiary/aromatic N) is 4. The number of rotatable bonds is 7. The molecule has 32 heavy (non-hydrogen) atoms.